The van der Waals surface area contributed by atoms with Gasteiger partial charge in [0.05, 0.1) is 41.0 Å². The van der Waals surface area contributed by atoms with Crippen molar-refractivity contribution in [2.75, 3.05) is 55.1 Å². The number of anilines is 3. The van der Waals surface area contributed by atoms with Crippen LogP contribution in [0.15, 0.2) is 24.3 Å². The van der Waals surface area contributed by atoms with Gasteiger partial charge < -0.3 is 26.6 Å². The Hall–Kier alpha value is -3.14. The molecule has 158 valence electrons. The minimum Gasteiger partial charge on any atom is -0.506 e. The second-order valence-electron chi connectivity index (χ2n) is 7.22. The maximum atomic E-state index is 12.7. The number of carbonyl (C=O) groups is 2. The Bertz CT molecular complexity index is 1050. The van der Waals surface area contributed by atoms with Crippen molar-refractivity contribution in [3.63, 3.8) is 0 Å². The first-order valence-corrected chi connectivity index (χ1v) is 10.0. The summed E-state index contributed by atoms with van der Waals surface area (Å²) in [7, 11) is 0. The number of aromatic hydroxyl groups is 1. The Balaban J connectivity index is 1.85. The van der Waals surface area contributed by atoms with Crippen LogP contribution < -0.4 is 26.8 Å². The molecule has 30 heavy (non-hydrogen) atoms. The summed E-state index contributed by atoms with van der Waals surface area (Å²) >= 11 is 0. The van der Waals surface area contributed by atoms with Gasteiger partial charge in [0.1, 0.15) is 5.75 Å². The van der Waals surface area contributed by atoms with Crippen molar-refractivity contribution in [2.24, 2.45) is 5.73 Å². The number of aliphatic hydroxyl groups excluding tert-OH is 1. The minimum atomic E-state index is -0.400. The molecular formula is C21H25N5O4. The normalized spacial score (nSPS) is 14.4. The lowest BCUT2D eigenvalue weighted by molar-refractivity contribution is 0.0992. The van der Waals surface area contributed by atoms with Crippen LogP contribution in [-0.2, 0) is 0 Å². The molecule has 0 aromatic heterocycles. The van der Waals surface area contributed by atoms with Gasteiger partial charge in [-0.2, -0.15) is 0 Å². The van der Waals surface area contributed by atoms with Gasteiger partial charge >= 0.3 is 0 Å². The lowest BCUT2D eigenvalue weighted by Gasteiger charge is -2.21. The molecule has 1 aliphatic carbocycles. The molecule has 9 nitrogen and oxygen atoms in total. The van der Waals surface area contributed by atoms with Crippen LogP contribution >= 0.6 is 0 Å². The predicted molar refractivity (Wildman–Crippen MR) is 116 cm³/mol. The molecule has 0 atom stereocenters. The van der Waals surface area contributed by atoms with Crippen molar-refractivity contribution in [3.8, 4) is 5.75 Å². The first-order valence-electron chi connectivity index (χ1n) is 10.0. The van der Waals surface area contributed by atoms with E-state index < -0.39 is 5.78 Å². The number of carbonyl (C=O) groups excluding carboxylic acids is 2. The summed E-state index contributed by atoms with van der Waals surface area (Å²) in [5.41, 5.74) is 11.1. The van der Waals surface area contributed by atoms with Crippen molar-refractivity contribution >= 4 is 39.4 Å². The Kier molecular flexibility index (Phi) is 5.58. The quantitative estimate of drug-likeness (QED) is 0.263. The van der Waals surface area contributed by atoms with E-state index in [0.29, 0.717) is 54.9 Å². The fourth-order valence-corrected chi connectivity index (χ4v) is 3.96. The zero-order valence-corrected chi connectivity index (χ0v) is 16.5. The monoisotopic (exact) mass is 411 g/mol. The summed E-state index contributed by atoms with van der Waals surface area (Å²) in [6.45, 7) is 2.83. The lowest BCUT2D eigenvalue weighted by atomic mass is 9.88. The van der Waals surface area contributed by atoms with Gasteiger partial charge in [0.2, 0.25) is 0 Å². The SMILES string of the molecule is NCCCNc1ccc2c3c(c4c(c(O)c13)C(=O)C=CC4=O)NN2CCNCCO. The number of nitrogens with one attached hydrogen (secondary N) is 3. The molecule has 1 heterocycles. The molecular weight excluding hydrogens is 386 g/mol. The van der Waals surface area contributed by atoms with Crippen LogP contribution in [0.2, 0.25) is 0 Å². The third kappa shape index (κ3) is 3.26. The summed E-state index contributed by atoms with van der Waals surface area (Å²) in [4.78, 5) is 25.2. The Morgan fingerprint density at radius 2 is 1.80 bits per heavy atom. The molecule has 9 heteroatoms. The number of hydrazine groups is 1. The number of ketones is 2. The largest absolute Gasteiger partial charge is 0.506 e. The van der Waals surface area contributed by atoms with Gasteiger partial charge in [0, 0.05) is 30.7 Å². The lowest BCUT2D eigenvalue weighted by Crippen LogP contribution is -2.35. The van der Waals surface area contributed by atoms with Crippen molar-refractivity contribution in [2.45, 2.75) is 6.42 Å². The molecule has 0 radical (unpaired) electrons. The van der Waals surface area contributed by atoms with Gasteiger partial charge in [-0.05, 0) is 37.3 Å². The van der Waals surface area contributed by atoms with Crippen molar-refractivity contribution < 1.29 is 19.8 Å². The Morgan fingerprint density at radius 3 is 2.53 bits per heavy atom. The standard InChI is InChI=1S/C21H25N5O4/c22-6-1-7-24-12-2-3-13-17-16(12)21(30)19-15(29)5-4-14(28)18(19)20(17)25-26(13)10-8-23-9-11-27/h2-5,23-25,27,30H,1,6-11,22H2. The van der Waals surface area contributed by atoms with E-state index in [9.17, 15) is 14.7 Å². The molecule has 2 aliphatic rings. The van der Waals surface area contributed by atoms with Gasteiger partial charge in [-0.3, -0.25) is 20.0 Å². The summed E-state index contributed by atoms with van der Waals surface area (Å²) in [5.74, 6) is -0.911. The number of phenols is 1. The van der Waals surface area contributed by atoms with E-state index in [1.807, 2.05) is 17.1 Å². The van der Waals surface area contributed by atoms with Crippen LogP contribution in [0, 0.1) is 0 Å². The van der Waals surface area contributed by atoms with Crippen LogP contribution in [-0.4, -0.2) is 61.1 Å². The first kappa shape index (κ1) is 20.1. The highest BCUT2D eigenvalue weighted by molar-refractivity contribution is 6.32. The second kappa shape index (κ2) is 8.31. The van der Waals surface area contributed by atoms with Gasteiger partial charge in [0.15, 0.2) is 11.6 Å². The first-order chi connectivity index (χ1) is 14.6. The number of nitrogens with two attached hydrogens (primary N) is 1. The number of allylic oxidation sites excluding steroid dienone is 2. The molecule has 1 aliphatic heterocycles. The summed E-state index contributed by atoms with van der Waals surface area (Å²) < 4.78 is 0. The predicted octanol–water partition coefficient (Wildman–Crippen LogP) is 0.970. The highest BCUT2D eigenvalue weighted by Crippen LogP contribution is 2.50. The van der Waals surface area contributed by atoms with E-state index in [1.165, 1.54) is 12.2 Å². The maximum absolute atomic E-state index is 12.7. The number of aliphatic hydroxyl groups is 1. The molecule has 7 N–H and O–H groups in total. The Morgan fingerprint density at radius 1 is 1.03 bits per heavy atom. The van der Waals surface area contributed by atoms with Crippen molar-refractivity contribution in [1.29, 1.82) is 0 Å². The number of nitrogens with zero attached hydrogens (tertiary/aromatic N) is 1. The van der Waals surface area contributed by atoms with Crippen LogP contribution in [0.1, 0.15) is 27.1 Å². The molecule has 0 fully saturated rings. The van der Waals surface area contributed by atoms with E-state index in [1.54, 1.807) is 0 Å². The molecule has 0 amide bonds. The fourth-order valence-electron chi connectivity index (χ4n) is 3.96. The molecule has 0 saturated heterocycles. The number of benzene rings is 2. The molecule has 4 rings (SSSR count). The molecule has 0 saturated carbocycles. The van der Waals surface area contributed by atoms with Crippen LogP contribution in [0.4, 0.5) is 17.1 Å². The molecule has 0 bridgehead atoms. The molecule has 0 spiro atoms. The van der Waals surface area contributed by atoms with Gasteiger partial charge in [-0.15, -0.1) is 0 Å². The minimum absolute atomic E-state index is 0.0248. The smallest absolute Gasteiger partial charge is 0.190 e. The van der Waals surface area contributed by atoms with E-state index in [2.05, 4.69) is 16.1 Å². The van der Waals surface area contributed by atoms with Gasteiger partial charge in [0.25, 0.3) is 0 Å². The molecule has 2 aromatic rings. The number of hydrogen-bond acceptors (Lipinski definition) is 9. The highest BCUT2D eigenvalue weighted by atomic mass is 16.3. The summed E-state index contributed by atoms with van der Waals surface area (Å²) in [5, 5.41) is 29.5. The van der Waals surface area contributed by atoms with Gasteiger partial charge in [-0.1, -0.05) is 0 Å². The van der Waals surface area contributed by atoms with Gasteiger partial charge in [-0.25, -0.2) is 0 Å². The second-order valence-corrected chi connectivity index (χ2v) is 7.22. The summed E-state index contributed by atoms with van der Waals surface area (Å²) in [6.07, 6.45) is 3.19. The van der Waals surface area contributed by atoms with Crippen molar-refractivity contribution in [1.82, 2.24) is 5.32 Å². The zero-order valence-electron chi connectivity index (χ0n) is 16.5. The summed E-state index contributed by atoms with van der Waals surface area (Å²) in [6, 6.07) is 3.77. The van der Waals surface area contributed by atoms with E-state index >= 15 is 0 Å². The third-order valence-electron chi connectivity index (χ3n) is 5.32. The number of phenolic OH excluding ortho intramolecular Hbond substituents is 1. The average Bonchev–Trinajstić information content (AvgIpc) is 3.10. The van der Waals surface area contributed by atoms with Crippen LogP contribution in [0.25, 0.3) is 10.8 Å². The number of rotatable bonds is 9. The van der Waals surface area contributed by atoms with E-state index in [0.717, 1.165) is 12.1 Å². The topological polar surface area (TPSA) is 140 Å². The zero-order chi connectivity index (χ0) is 21.3. The number of fused-ring (bicyclic) bond motifs is 2. The molecule has 2 aromatic carbocycles. The maximum Gasteiger partial charge on any atom is 0.190 e. The third-order valence-corrected chi connectivity index (χ3v) is 5.32. The van der Waals surface area contributed by atoms with Crippen LogP contribution in [0.5, 0.6) is 5.75 Å². The molecule has 0 unspecified atom stereocenters. The Labute approximate surface area is 173 Å². The van der Waals surface area contributed by atoms with Crippen molar-refractivity contribution in [3.05, 3.63) is 35.4 Å². The van der Waals surface area contributed by atoms with Crippen LogP contribution in [0.3, 0.4) is 0 Å². The average molecular weight is 411 g/mol. The highest BCUT2D eigenvalue weighted by Gasteiger charge is 2.35. The fraction of sp³-hybridized carbons (Fsp3) is 0.333. The van der Waals surface area contributed by atoms with E-state index in [-0.39, 0.29) is 29.3 Å². The van der Waals surface area contributed by atoms with E-state index in [4.69, 9.17) is 10.8 Å². The number of hydrogen-bond donors (Lipinski definition) is 6.